The molecule has 1 amide bonds. The molecule has 3 aromatic rings. The Kier molecular flexibility index (Phi) is 5.23. The Labute approximate surface area is 164 Å². The van der Waals surface area contributed by atoms with Gasteiger partial charge in [-0.3, -0.25) is 9.69 Å². The molecule has 0 bridgehead atoms. The van der Waals surface area contributed by atoms with E-state index in [-0.39, 0.29) is 11.8 Å². The van der Waals surface area contributed by atoms with Gasteiger partial charge >= 0.3 is 0 Å². The first-order valence-corrected chi connectivity index (χ1v) is 10.4. The monoisotopic (exact) mass is 379 g/mol. The third-order valence-corrected chi connectivity index (χ3v) is 6.27. The molecular formula is C22H25N3OS. The highest BCUT2D eigenvalue weighted by atomic mass is 32.1. The van der Waals surface area contributed by atoms with Crippen molar-refractivity contribution in [2.24, 2.45) is 5.92 Å². The van der Waals surface area contributed by atoms with Crippen molar-refractivity contribution in [2.75, 3.05) is 20.1 Å². The lowest BCUT2D eigenvalue weighted by Gasteiger charge is -2.32. The van der Waals surface area contributed by atoms with Gasteiger partial charge in [-0.25, -0.2) is 4.98 Å². The molecule has 27 heavy (non-hydrogen) atoms. The maximum Gasteiger partial charge on any atom is 0.224 e. The topological polar surface area (TPSA) is 45.2 Å². The number of carbonyl (C=O) groups excluding carboxylic acids is 1. The molecule has 1 aromatic carbocycles. The van der Waals surface area contributed by atoms with E-state index < -0.39 is 0 Å². The Morgan fingerprint density at radius 2 is 2.22 bits per heavy atom. The van der Waals surface area contributed by atoms with Crippen LogP contribution in [0.25, 0.3) is 21.5 Å². The predicted molar refractivity (Wildman–Crippen MR) is 112 cm³/mol. The molecule has 1 N–H and O–H groups in total. The normalized spacial score (nSPS) is 17.9. The second-order valence-corrected chi connectivity index (χ2v) is 8.26. The summed E-state index contributed by atoms with van der Waals surface area (Å²) in [6, 6.07) is 12.9. The Bertz CT molecular complexity index is 952. The molecule has 1 aliphatic rings. The lowest BCUT2D eigenvalue weighted by Crippen LogP contribution is -2.41. The second kappa shape index (κ2) is 7.79. The molecule has 4 nitrogen and oxygen atoms in total. The fourth-order valence-corrected chi connectivity index (χ4v) is 4.75. The highest BCUT2D eigenvalue weighted by molar-refractivity contribution is 7.13. The molecule has 4 rings (SSSR count). The summed E-state index contributed by atoms with van der Waals surface area (Å²) in [6.07, 6.45) is 2.04. The summed E-state index contributed by atoms with van der Waals surface area (Å²) in [5, 5.41) is 6.09. The van der Waals surface area contributed by atoms with Crippen molar-refractivity contribution in [2.45, 2.75) is 26.3 Å². The van der Waals surface area contributed by atoms with Crippen LogP contribution in [-0.4, -0.2) is 35.9 Å². The van der Waals surface area contributed by atoms with Crippen molar-refractivity contribution in [3.63, 3.8) is 0 Å². The summed E-state index contributed by atoms with van der Waals surface area (Å²) < 4.78 is 0. The molecule has 1 aliphatic heterocycles. The average Bonchev–Trinajstić information content (AvgIpc) is 3.22. The number of nitrogens with zero attached hydrogens (tertiary/aromatic N) is 2. The summed E-state index contributed by atoms with van der Waals surface area (Å²) in [7, 11) is 1.73. The van der Waals surface area contributed by atoms with Crippen LogP contribution in [0, 0.1) is 12.8 Å². The van der Waals surface area contributed by atoms with E-state index in [1.807, 2.05) is 0 Å². The number of thiophene rings is 1. The van der Waals surface area contributed by atoms with Gasteiger partial charge in [-0.05, 0) is 54.9 Å². The number of aromatic nitrogens is 1. The number of benzene rings is 1. The van der Waals surface area contributed by atoms with E-state index in [0.717, 1.165) is 43.7 Å². The van der Waals surface area contributed by atoms with Crippen molar-refractivity contribution < 1.29 is 4.79 Å². The lowest BCUT2D eigenvalue weighted by molar-refractivity contribution is -0.126. The number of hydrogen-bond donors (Lipinski definition) is 1. The Balaban J connectivity index is 1.70. The van der Waals surface area contributed by atoms with Gasteiger partial charge in [0.2, 0.25) is 5.91 Å². The van der Waals surface area contributed by atoms with Crippen molar-refractivity contribution in [3.8, 4) is 10.6 Å². The first-order chi connectivity index (χ1) is 13.2. The minimum atomic E-state index is 0.0876. The molecule has 1 fully saturated rings. The van der Waals surface area contributed by atoms with E-state index in [1.54, 1.807) is 18.4 Å². The Morgan fingerprint density at radius 3 is 3.00 bits per heavy atom. The number of fused-ring (bicyclic) bond motifs is 1. The van der Waals surface area contributed by atoms with Crippen LogP contribution in [-0.2, 0) is 11.3 Å². The van der Waals surface area contributed by atoms with Gasteiger partial charge in [0.25, 0.3) is 0 Å². The molecule has 0 unspecified atom stereocenters. The van der Waals surface area contributed by atoms with Crippen molar-refractivity contribution >= 4 is 28.1 Å². The second-order valence-electron chi connectivity index (χ2n) is 7.31. The van der Waals surface area contributed by atoms with Crippen LogP contribution in [0.2, 0.25) is 0 Å². The number of likely N-dealkylation sites (tertiary alicyclic amines) is 1. The molecule has 0 aliphatic carbocycles. The standard InChI is InChI=1S/C22H25N3OS/c1-15-6-3-7-16-12-18(21(24-20(15)16)19-9-5-11-27-19)14-25-10-4-8-17(13-25)22(26)23-2/h3,5-7,9,11-12,17H,4,8,10,13-14H2,1-2H3,(H,23,26)/t17-/m0/s1. The molecule has 3 heterocycles. The van der Waals surface area contributed by atoms with E-state index >= 15 is 0 Å². The van der Waals surface area contributed by atoms with Gasteiger partial charge in [0.1, 0.15) is 0 Å². The van der Waals surface area contributed by atoms with Gasteiger partial charge in [0, 0.05) is 25.5 Å². The van der Waals surface area contributed by atoms with E-state index in [9.17, 15) is 4.79 Å². The van der Waals surface area contributed by atoms with Gasteiger partial charge in [-0.1, -0.05) is 24.3 Å². The fraction of sp³-hybridized carbons (Fsp3) is 0.364. The van der Waals surface area contributed by atoms with Crippen molar-refractivity contribution in [3.05, 3.63) is 52.9 Å². The van der Waals surface area contributed by atoms with Crippen LogP contribution >= 0.6 is 11.3 Å². The van der Waals surface area contributed by atoms with E-state index in [4.69, 9.17) is 4.98 Å². The largest absolute Gasteiger partial charge is 0.359 e. The van der Waals surface area contributed by atoms with Gasteiger partial charge < -0.3 is 5.32 Å². The lowest BCUT2D eigenvalue weighted by atomic mass is 9.96. The third-order valence-electron chi connectivity index (χ3n) is 5.40. The van der Waals surface area contributed by atoms with Crippen molar-refractivity contribution in [1.82, 2.24) is 15.2 Å². The van der Waals surface area contributed by atoms with E-state index in [1.165, 1.54) is 21.4 Å². The number of hydrogen-bond acceptors (Lipinski definition) is 4. The highest BCUT2D eigenvalue weighted by Crippen LogP contribution is 2.31. The molecule has 2 aromatic heterocycles. The molecule has 1 saturated heterocycles. The molecule has 1 atom stereocenters. The average molecular weight is 380 g/mol. The number of carbonyl (C=O) groups is 1. The van der Waals surface area contributed by atoms with Crippen LogP contribution in [0.5, 0.6) is 0 Å². The zero-order valence-electron chi connectivity index (χ0n) is 15.9. The quantitative estimate of drug-likeness (QED) is 0.738. The number of pyridine rings is 1. The number of para-hydroxylation sites is 1. The predicted octanol–water partition coefficient (Wildman–Crippen LogP) is 4.23. The van der Waals surface area contributed by atoms with Crippen molar-refractivity contribution in [1.29, 1.82) is 0 Å². The SMILES string of the molecule is CNC(=O)[C@H]1CCCN(Cc2cc3cccc(C)c3nc2-c2cccs2)C1. The third kappa shape index (κ3) is 3.75. The number of piperidine rings is 1. The highest BCUT2D eigenvalue weighted by Gasteiger charge is 2.26. The number of rotatable bonds is 4. The number of aryl methyl sites for hydroxylation is 1. The molecular weight excluding hydrogens is 354 g/mol. The summed E-state index contributed by atoms with van der Waals surface area (Å²) in [5.74, 6) is 0.245. The van der Waals surface area contributed by atoms with Crippen LogP contribution in [0.3, 0.4) is 0 Å². The molecule has 140 valence electrons. The first kappa shape index (κ1) is 18.1. The summed E-state index contributed by atoms with van der Waals surface area (Å²) in [6.45, 7) is 4.79. The minimum Gasteiger partial charge on any atom is -0.359 e. The minimum absolute atomic E-state index is 0.0876. The van der Waals surface area contributed by atoms with E-state index in [2.05, 4.69) is 58.9 Å². The zero-order valence-corrected chi connectivity index (χ0v) is 16.7. The van der Waals surface area contributed by atoms with Gasteiger partial charge in [-0.2, -0.15) is 0 Å². The molecule has 0 radical (unpaired) electrons. The van der Waals surface area contributed by atoms with Crippen LogP contribution in [0.15, 0.2) is 41.8 Å². The smallest absolute Gasteiger partial charge is 0.224 e. The van der Waals surface area contributed by atoms with Crippen LogP contribution in [0.1, 0.15) is 24.0 Å². The molecule has 0 spiro atoms. The maximum atomic E-state index is 12.1. The van der Waals surface area contributed by atoms with Gasteiger partial charge in [0.05, 0.1) is 22.0 Å². The molecule has 5 heteroatoms. The number of amides is 1. The van der Waals surface area contributed by atoms with Crippen LogP contribution in [0.4, 0.5) is 0 Å². The Morgan fingerprint density at radius 1 is 1.33 bits per heavy atom. The Hall–Kier alpha value is -2.24. The van der Waals surface area contributed by atoms with Gasteiger partial charge in [-0.15, -0.1) is 11.3 Å². The van der Waals surface area contributed by atoms with Crippen LogP contribution < -0.4 is 5.32 Å². The van der Waals surface area contributed by atoms with E-state index in [0.29, 0.717) is 0 Å². The first-order valence-electron chi connectivity index (χ1n) is 9.53. The summed E-state index contributed by atoms with van der Waals surface area (Å²) in [4.78, 5) is 20.7. The summed E-state index contributed by atoms with van der Waals surface area (Å²) >= 11 is 1.73. The summed E-state index contributed by atoms with van der Waals surface area (Å²) in [5.41, 5.74) is 4.60. The molecule has 0 saturated carbocycles. The maximum absolute atomic E-state index is 12.1. The number of nitrogens with one attached hydrogen (secondary N) is 1. The fourth-order valence-electron chi connectivity index (χ4n) is 4.00. The zero-order chi connectivity index (χ0) is 18.8. The van der Waals surface area contributed by atoms with Gasteiger partial charge in [0.15, 0.2) is 0 Å².